The van der Waals surface area contributed by atoms with E-state index in [1.807, 2.05) is 24.3 Å². The summed E-state index contributed by atoms with van der Waals surface area (Å²) in [6.45, 7) is 0. The Kier molecular flexibility index (Phi) is 3.78. The van der Waals surface area contributed by atoms with Crippen molar-refractivity contribution in [2.24, 2.45) is 10.2 Å². The van der Waals surface area contributed by atoms with Crippen LogP contribution in [0.3, 0.4) is 0 Å². The standard InChI is InChI=1S/C15H13N5O2/c1-22-12-4-2-3-10(9-12)13-14(15(21)20-18-13)19-17-11-5-7-16-8-6-11/h2-9H,1H3,(H2,18,20,21). The van der Waals surface area contributed by atoms with Gasteiger partial charge in [0.25, 0.3) is 5.56 Å². The number of aromatic amines is 2. The van der Waals surface area contributed by atoms with Crippen LogP contribution in [0.2, 0.25) is 0 Å². The van der Waals surface area contributed by atoms with E-state index in [1.54, 1.807) is 31.6 Å². The Morgan fingerprint density at radius 3 is 2.68 bits per heavy atom. The maximum Gasteiger partial charge on any atom is 0.292 e. The number of benzene rings is 1. The molecular formula is C15H13N5O2. The van der Waals surface area contributed by atoms with Gasteiger partial charge in [-0.2, -0.15) is 5.11 Å². The van der Waals surface area contributed by atoms with E-state index < -0.39 is 0 Å². The molecular weight excluding hydrogens is 282 g/mol. The summed E-state index contributed by atoms with van der Waals surface area (Å²) in [5, 5.41) is 13.4. The summed E-state index contributed by atoms with van der Waals surface area (Å²) in [6, 6.07) is 10.7. The molecule has 7 heteroatoms. The lowest BCUT2D eigenvalue weighted by Gasteiger charge is -2.02. The highest BCUT2D eigenvalue weighted by Crippen LogP contribution is 2.28. The Morgan fingerprint density at radius 1 is 1.09 bits per heavy atom. The molecule has 2 aromatic heterocycles. The Hall–Kier alpha value is -3.22. The third kappa shape index (κ3) is 2.78. The molecule has 0 atom stereocenters. The summed E-state index contributed by atoms with van der Waals surface area (Å²) in [5.74, 6) is 0.691. The summed E-state index contributed by atoms with van der Waals surface area (Å²) in [4.78, 5) is 15.8. The summed E-state index contributed by atoms with van der Waals surface area (Å²) < 4.78 is 5.19. The van der Waals surface area contributed by atoms with E-state index in [1.165, 1.54) is 0 Å². The second kappa shape index (κ2) is 6.04. The fourth-order valence-corrected chi connectivity index (χ4v) is 1.95. The zero-order valence-corrected chi connectivity index (χ0v) is 11.8. The topological polar surface area (TPSA) is 95.5 Å². The van der Waals surface area contributed by atoms with Crippen LogP contribution in [0.1, 0.15) is 0 Å². The van der Waals surface area contributed by atoms with Crippen LogP contribution in [-0.2, 0) is 0 Å². The predicted molar refractivity (Wildman–Crippen MR) is 81.8 cm³/mol. The number of pyridine rings is 1. The molecule has 22 heavy (non-hydrogen) atoms. The second-order valence-corrected chi connectivity index (χ2v) is 4.44. The number of H-pyrrole nitrogens is 2. The van der Waals surface area contributed by atoms with Crippen LogP contribution in [-0.4, -0.2) is 22.3 Å². The third-order valence-electron chi connectivity index (χ3n) is 3.04. The van der Waals surface area contributed by atoms with Gasteiger partial charge in [-0.05, 0) is 24.3 Å². The number of rotatable bonds is 4. The van der Waals surface area contributed by atoms with Gasteiger partial charge in [-0.1, -0.05) is 12.1 Å². The molecule has 1 aromatic carbocycles. The fraction of sp³-hybridized carbons (Fsp3) is 0.0667. The zero-order valence-electron chi connectivity index (χ0n) is 11.8. The highest BCUT2D eigenvalue weighted by molar-refractivity contribution is 5.72. The van der Waals surface area contributed by atoms with Crippen molar-refractivity contribution in [3.63, 3.8) is 0 Å². The number of ether oxygens (including phenoxy) is 1. The smallest absolute Gasteiger partial charge is 0.292 e. The molecule has 110 valence electrons. The molecule has 7 nitrogen and oxygen atoms in total. The van der Waals surface area contributed by atoms with Gasteiger partial charge >= 0.3 is 0 Å². The van der Waals surface area contributed by atoms with Gasteiger partial charge in [0.1, 0.15) is 5.75 Å². The van der Waals surface area contributed by atoms with E-state index in [4.69, 9.17) is 4.74 Å². The van der Waals surface area contributed by atoms with E-state index >= 15 is 0 Å². The molecule has 0 unspecified atom stereocenters. The molecule has 0 saturated heterocycles. The highest BCUT2D eigenvalue weighted by Gasteiger charge is 2.12. The van der Waals surface area contributed by atoms with Crippen molar-refractivity contribution in [3.8, 4) is 17.0 Å². The van der Waals surface area contributed by atoms with Gasteiger partial charge in [-0.3, -0.25) is 20.0 Å². The summed E-state index contributed by atoms with van der Waals surface area (Å²) in [7, 11) is 1.59. The van der Waals surface area contributed by atoms with Crippen molar-refractivity contribution < 1.29 is 4.74 Å². The molecule has 0 fully saturated rings. The number of nitrogens with zero attached hydrogens (tertiary/aromatic N) is 3. The SMILES string of the molecule is COc1cccc(-c2[nH][nH]c(=O)c2N=Nc2ccncc2)c1. The van der Waals surface area contributed by atoms with Gasteiger partial charge in [0, 0.05) is 18.0 Å². The molecule has 2 heterocycles. The Morgan fingerprint density at radius 2 is 1.91 bits per heavy atom. The van der Waals surface area contributed by atoms with Crippen molar-refractivity contribution >= 4 is 11.4 Å². The minimum atomic E-state index is -0.337. The van der Waals surface area contributed by atoms with Crippen molar-refractivity contribution in [1.82, 2.24) is 15.2 Å². The molecule has 0 radical (unpaired) electrons. The summed E-state index contributed by atoms with van der Waals surface area (Å²) in [6.07, 6.45) is 3.22. The molecule has 0 bridgehead atoms. The first-order chi connectivity index (χ1) is 10.8. The number of methoxy groups -OCH3 is 1. The lowest BCUT2D eigenvalue weighted by atomic mass is 10.1. The van der Waals surface area contributed by atoms with E-state index in [0.717, 1.165) is 5.56 Å². The van der Waals surface area contributed by atoms with Crippen LogP contribution in [0, 0.1) is 0 Å². The Balaban J connectivity index is 2.01. The molecule has 0 aliphatic carbocycles. The first kappa shape index (κ1) is 13.7. The minimum Gasteiger partial charge on any atom is -0.497 e. The van der Waals surface area contributed by atoms with E-state index in [9.17, 15) is 4.79 Å². The van der Waals surface area contributed by atoms with Crippen LogP contribution >= 0.6 is 0 Å². The average Bonchev–Trinajstić information content (AvgIpc) is 2.95. The number of azo groups is 1. The number of hydrogen-bond donors (Lipinski definition) is 2. The van der Waals surface area contributed by atoms with Crippen LogP contribution in [0.4, 0.5) is 11.4 Å². The third-order valence-corrected chi connectivity index (χ3v) is 3.04. The maximum atomic E-state index is 11.9. The quantitative estimate of drug-likeness (QED) is 0.723. The van der Waals surface area contributed by atoms with Crippen LogP contribution in [0.15, 0.2) is 63.8 Å². The fourth-order valence-electron chi connectivity index (χ4n) is 1.95. The van der Waals surface area contributed by atoms with Crippen molar-refractivity contribution in [2.75, 3.05) is 7.11 Å². The first-order valence-corrected chi connectivity index (χ1v) is 6.55. The van der Waals surface area contributed by atoms with E-state index in [0.29, 0.717) is 17.1 Å². The zero-order chi connectivity index (χ0) is 15.4. The monoisotopic (exact) mass is 295 g/mol. The molecule has 0 amide bonds. The van der Waals surface area contributed by atoms with Crippen LogP contribution < -0.4 is 10.3 Å². The summed E-state index contributed by atoms with van der Waals surface area (Å²) in [5.41, 5.74) is 1.83. The van der Waals surface area contributed by atoms with Gasteiger partial charge in [0.2, 0.25) is 0 Å². The molecule has 0 spiro atoms. The van der Waals surface area contributed by atoms with Gasteiger partial charge < -0.3 is 4.74 Å². The molecule has 0 saturated carbocycles. The van der Waals surface area contributed by atoms with Crippen LogP contribution in [0.5, 0.6) is 5.75 Å². The molecule has 2 N–H and O–H groups in total. The van der Waals surface area contributed by atoms with Gasteiger partial charge in [-0.25, -0.2) is 0 Å². The minimum absolute atomic E-state index is 0.213. The van der Waals surface area contributed by atoms with Crippen molar-refractivity contribution in [1.29, 1.82) is 0 Å². The lowest BCUT2D eigenvalue weighted by Crippen LogP contribution is -1.96. The van der Waals surface area contributed by atoms with Gasteiger partial charge in [-0.15, -0.1) is 5.11 Å². The van der Waals surface area contributed by atoms with E-state index in [2.05, 4.69) is 25.4 Å². The van der Waals surface area contributed by atoms with Gasteiger partial charge in [0.15, 0.2) is 5.69 Å². The highest BCUT2D eigenvalue weighted by atomic mass is 16.5. The second-order valence-electron chi connectivity index (χ2n) is 4.44. The molecule has 3 aromatic rings. The largest absolute Gasteiger partial charge is 0.497 e. The van der Waals surface area contributed by atoms with Crippen LogP contribution in [0.25, 0.3) is 11.3 Å². The maximum absolute atomic E-state index is 11.9. The Labute approximate surface area is 125 Å². The van der Waals surface area contributed by atoms with Crippen molar-refractivity contribution in [2.45, 2.75) is 0 Å². The molecule has 0 aliphatic heterocycles. The number of hydrogen-bond acceptors (Lipinski definition) is 5. The average molecular weight is 295 g/mol. The van der Waals surface area contributed by atoms with Crippen molar-refractivity contribution in [3.05, 3.63) is 59.1 Å². The molecule has 3 rings (SSSR count). The number of nitrogens with one attached hydrogen (secondary N) is 2. The van der Waals surface area contributed by atoms with Gasteiger partial charge in [0.05, 0.1) is 18.5 Å². The summed E-state index contributed by atoms with van der Waals surface area (Å²) >= 11 is 0. The number of aromatic nitrogens is 3. The lowest BCUT2D eigenvalue weighted by molar-refractivity contribution is 0.415. The predicted octanol–water partition coefficient (Wildman–Crippen LogP) is 3.19. The first-order valence-electron chi connectivity index (χ1n) is 6.55. The normalized spacial score (nSPS) is 11.0. The van der Waals surface area contributed by atoms with E-state index in [-0.39, 0.29) is 11.2 Å². The Bertz CT molecular complexity index is 852. The molecule has 0 aliphatic rings.